The first-order chi connectivity index (χ1) is 15.4. The number of sulfonamides is 1. The molecule has 1 atom stereocenters. The van der Waals surface area contributed by atoms with Gasteiger partial charge in [-0.3, -0.25) is 13.9 Å². The molecule has 0 spiro atoms. The second-order valence-corrected chi connectivity index (χ2v) is 11.1. The van der Waals surface area contributed by atoms with Crippen LogP contribution in [0.15, 0.2) is 53.0 Å². The number of amides is 2. The van der Waals surface area contributed by atoms with Crippen molar-refractivity contribution in [2.24, 2.45) is 0 Å². The van der Waals surface area contributed by atoms with Gasteiger partial charge >= 0.3 is 0 Å². The molecular weight excluding hydrogens is 506 g/mol. The fourth-order valence-corrected chi connectivity index (χ4v) is 4.67. The third kappa shape index (κ3) is 7.57. The van der Waals surface area contributed by atoms with Crippen molar-refractivity contribution in [3.63, 3.8) is 0 Å². The molecule has 0 aliphatic carbocycles. The van der Waals surface area contributed by atoms with Crippen LogP contribution in [0.2, 0.25) is 0 Å². The van der Waals surface area contributed by atoms with Crippen LogP contribution < -0.4 is 9.62 Å². The number of anilines is 1. The van der Waals surface area contributed by atoms with E-state index < -0.39 is 28.5 Å². The molecule has 0 heterocycles. The Morgan fingerprint density at radius 1 is 1.06 bits per heavy atom. The zero-order valence-corrected chi connectivity index (χ0v) is 22.1. The smallest absolute Gasteiger partial charge is 0.244 e. The van der Waals surface area contributed by atoms with E-state index in [1.165, 1.54) is 4.90 Å². The quantitative estimate of drug-likeness (QED) is 0.498. The van der Waals surface area contributed by atoms with Crippen molar-refractivity contribution >= 4 is 43.5 Å². The maximum atomic E-state index is 13.4. The molecular formula is C24H32BrN3O4S. The molecule has 0 aliphatic heterocycles. The van der Waals surface area contributed by atoms with Gasteiger partial charge in [-0.15, -0.1) is 0 Å². The van der Waals surface area contributed by atoms with E-state index in [0.29, 0.717) is 18.2 Å². The Morgan fingerprint density at radius 3 is 2.21 bits per heavy atom. The molecule has 0 bridgehead atoms. The fraction of sp³-hybridized carbons (Fsp3) is 0.417. The van der Waals surface area contributed by atoms with Crippen molar-refractivity contribution in [1.29, 1.82) is 0 Å². The molecule has 9 heteroatoms. The van der Waals surface area contributed by atoms with Crippen molar-refractivity contribution in [2.75, 3.05) is 23.7 Å². The minimum atomic E-state index is -3.74. The number of halogens is 1. The van der Waals surface area contributed by atoms with Crippen molar-refractivity contribution < 1.29 is 18.0 Å². The van der Waals surface area contributed by atoms with E-state index in [2.05, 4.69) is 35.1 Å². The number of nitrogens with one attached hydrogen (secondary N) is 1. The number of benzene rings is 2. The Balaban J connectivity index is 2.37. The molecule has 2 amide bonds. The lowest BCUT2D eigenvalue weighted by atomic mass is 10.0. The largest absolute Gasteiger partial charge is 0.355 e. The topological polar surface area (TPSA) is 86.8 Å². The number of carbonyl (C=O) groups excluding carboxylic acids is 2. The molecule has 1 unspecified atom stereocenters. The lowest BCUT2D eigenvalue weighted by Gasteiger charge is -2.31. The first kappa shape index (κ1) is 26.9. The number of nitrogens with zero attached hydrogens (tertiary/aromatic N) is 2. The average molecular weight is 539 g/mol. The van der Waals surface area contributed by atoms with Crippen molar-refractivity contribution in [1.82, 2.24) is 10.2 Å². The van der Waals surface area contributed by atoms with Crippen LogP contribution in [0.1, 0.15) is 44.7 Å². The van der Waals surface area contributed by atoms with Crippen molar-refractivity contribution in [3.05, 3.63) is 64.1 Å². The Morgan fingerprint density at radius 2 is 1.70 bits per heavy atom. The standard InChI is InChI=1S/C24H32BrN3O4S/c1-6-26-24(30)18(4)27(15-19-8-7-9-21(25)14-19)23(29)16-28(33(5,31)32)22-12-10-20(11-13-22)17(2)3/h7-14,17-18H,6,15-16H2,1-5H3,(H,26,30). The van der Waals surface area contributed by atoms with Crippen LogP contribution in [-0.2, 0) is 26.2 Å². The van der Waals surface area contributed by atoms with Gasteiger partial charge in [0.1, 0.15) is 12.6 Å². The molecule has 0 saturated heterocycles. The Bertz CT molecular complexity index is 1070. The van der Waals surface area contributed by atoms with E-state index in [0.717, 1.165) is 26.2 Å². The van der Waals surface area contributed by atoms with Crippen LogP contribution in [0, 0.1) is 0 Å². The summed E-state index contributed by atoms with van der Waals surface area (Å²) in [5, 5.41) is 2.74. The second-order valence-electron chi connectivity index (χ2n) is 8.24. The lowest BCUT2D eigenvalue weighted by Crippen LogP contribution is -2.51. The highest BCUT2D eigenvalue weighted by Gasteiger charge is 2.30. The fourth-order valence-electron chi connectivity index (χ4n) is 3.38. The van der Waals surface area contributed by atoms with Gasteiger partial charge in [-0.2, -0.15) is 0 Å². The van der Waals surface area contributed by atoms with Gasteiger partial charge in [0.15, 0.2) is 0 Å². The third-order valence-corrected chi connectivity index (χ3v) is 6.92. The Hall–Kier alpha value is -2.39. The number of rotatable bonds is 10. The number of hydrogen-bond donors (Lipinski definition) is 1. The zero-order valence-electron chi connectivity index (χ0n) is 19.7. The lowest BCUT2D eigenvalue weighted by molar-refractivity contribution is -0.139. The molecule has 1 N–H and O–H groups in total. The van der Waals surface area contributed by atoms with Crippen molar-refractivity contribution in [3.8, 4) is 0 Å². The highest BCUT2D eigenvalue weighted by Crippen LogP contribution is 2.23. The van der Waals surface area contributed by atoms with Gasteiger partial charge in [0.05, 0.1) is 11.9 Å². The van der Waals surface area contributed by atoms with Gasteiger partial charge < -0.3 is 10.2 Å². The SMILES string of the molecule is CCNC(=O)C(C)N(Cc1cccc(Br)c1)C(=O)CN(c1ccc(C(C)C)cc1)S(C)(=O)=O. The summed E-state index contributed by atoms with van der Waals surface area (Å²) in [5.41, 5.74) is 2.30. The van der Waals surface area contributed by atoms with E-state index in [1.807, 2.05) is 36.4 Å². The van der Waals surface area contributed by atoms with Gasteiger partial charge in [-0.1, -0.05) is 54.0 Å². The Kier molecular flexibility index (Phi) is 9.48. The molecule has 2 aromatic rings. The minimum absolute atomic E-state index is 0.167. The predicted molar refractivity (Wildman–Crippen MR) is 136 cm³/mol. The Labute approximate surface area is 205 Å². The predicted octanol–water partition coefficient (Wildman–Crippen LogP) is 3.89. The maximum absolute atomic E-state index is 13.4. The summed E-state index contributed by atoms with van der Waals surface area (Å²) in [6, 6.07) is 13.8. The maximum Gasteiger partial charge on any atom is 0.244 e. The summed E-state index contributed by atoms with van der Waals surface area (Å²) in [7, 11) is -3.74. The van der Waals surface area contributed by atoms with Gasteiger partial charge in [0.25, 0.3) is 0 Å². The van der Waals surface area contributed by atoms with Gasteiger partial charge in [-0.25, -0.2) is 8.42 Å². The van der Waals surface area contributed by atoms with E-state index >= 15 is 0 Å². The van der Waals surface area contributed by atoms with E-state index in [9.17, 15) is 18.0 Å². The molecule has 2 aromatic carbocycles. The molecule has 33 heavy (non-hydrogen) atoms. The molecule has 0 aromatic heterocycles. The summed E-state index contributed by atoms with van der Waals surface area (Å²) in [4.78, 5) is 27.4. The highest BCUT2D eigenvalue weighted by atomic mass is 79.9. The van der Waals surface area contributed by atoms with Crippen LogP contribution in [0.3, 0.4) is 0 Å². The normalized spacial score (nSPS) is 12.3. The van der Waals surface area contributed by atoms with Crippen LogP contribution in [-0.4, -0.2) is 50.5 Å². The number of likely N-dealkylation sites (N-methyl/N-ethyl adjacent to an activating group) is 1. The molecule has 180 valence electrons. The first-order valence-corrected chi connectivity index (χ1v) is 13.5. The summed E-state index contributed by atoms with van der Waals surface area (Å²) in [6.07, 6.45) is 1.07. The molecule has 0 saturated carbocycles. The van der Waals surface area contributed by atoms with Crippen LogP contribution >= 0.6 is 15.9 Å². The van der Waals surface area contributed by atoms with Crippen LogP contribution in [0.25, 0.3) is 0 Å². The first-order valence-electron chi connectivity index (χ1n) is 10.8. The molecule has 2 rings (SSSR count). The summed E-state index contributed by atoms with van der Waals surface area (Å²) in [6.45, 7) is 7.74. The van der Waals surface area contributed by atoms with Crippen molar-refractivity contribution in [2.45, 2.75) is 46.2 Å². The van der Waals surface area contributed by atoms with Crippen LogP contribution in [0.5, 0.6) is 0 Å². The average Bonchev–Trinajstić information content (AvgIpc) is 2.74. The molecule has 0 aliphatic rings. The summed E-state index contributed by atoms with van der Waals surface area (Å²) in [5.74, 6) is -0.467. The number of hydrogen-bond acceptors (Lipinski definition) is 4. The highest BCUT2D eigenvalue weighted by molar-refractivity contribution is 9.10. The summed E-state index contributed by atoms with van der Waals surface area (Å²) < 4.78 is 27.1. The van der Waals surface area contributed by atoms with Gasteiger partial charge in [-0.05, 0) is 55.2 Å². The minimum Gasteiger partial charge on any atom is -0.355 e. The summed E-state index contributed by atoms with van der Waals surface area (Å²) >= 11 is 3.42. The molecule has 0 radical (unpaired) electrons. The third-order valence-electron chi connectivity index (χ3n) is 5.29. The van der Waals surface area contributed by atoms with Gasteiger partial charge in [0, 0.05) is 17.6 Å². The molecule has 7 nitrogen and oxygen atoms in total. The van der Waals surface area contributed by atoms with E-state index in [4.69, 9.17) is 0 Å². The molecule has 0 fully saturated rings. The zero-order chi connectivity index (χ0) is 24.8. The number of carbonyl (C=O) groups is 2. The monoisotopic (exact) mass is 537 g/mol. The van der Waals surface area contributed by atoms with E-state index in [-0.39, 0.29) is 12.5 Å². The van der Waals surface area contributed by atoms with E-state index in [1.54, 1.807) is 26.0 Å². The van der Waals surface area contributed by atoms with Crippen LogP contribution in [0.4, 0.5) is 5.69 Å². The van der Waals surface area contributed by atoms with Gasteiger partial charge in [0.2, 0.25) is 21.8 Å². The second kappa shape index (κ2) is 11.7.